The second kappa shape index (κ2) is 26.4. The van der Waals surface area contributed by atoms with E-state index in [0.29, 0.717) is 5.56 Å². The third kappa shape index (κ3) is 13.8. The van der Waals surface area contributed by atoms with Crippen molar-refractivity contribution < 1.29 is 71.4 Å². The Morgan fingerprint density at radius 1 is 0.644 bits per heavy atom. The van der Waals surface area contributed by atoms with Crippen LogP contribution in [0.3, 0.4) is 0 Å². The van der Waals surface area contributed by atoms with Crippen LogP contribution in [0.1, 0.15) is 73.9 Å². The van der Waals surface area contributed by atoms with Crippen molar-refractivity contribution in [3.8, 4) is 5.95 Å². The van der Waals surface area contributed by atoms with Crippen molar-refractivity contribution in [2.24, 2.45) is 5.92 Å². The predicted octanol–water partition coefficient (Wildman–Crippen LogP) is 9.77. The number of esters is 1. The molecule has 2 aliphatic heterocycles. The summed E-state index contributed by atoms with van der Waals surface area (Å²) in [4.78, 5) is 75.8. The highest BCUT2D eigenvalue weighted by Gasteiger charge is 2.71. The highest BCUT2D eigenvalue weighted by Crippen LogP contribution is 2.55. The van der Waals surface area contributed by atoms with E-state index in [1.807, 2.05) is 155 Å². The molecule has 3 fully saturated rings. The first-order chi connectivity index (χ1) is 40.9. The van der Waals surface area contributed by atoms with E-state index in [4.69, 9.17) is 32.1 Å². The molecule has 3 N–H and O–H groups in total. The number of nitrogens with zero attached hydrogens (tertiary/aromatic N) is 2. The van der Waals surface area contributed by atoms with Gasteiger partial charge in [-0.25, -0.2) is 14.9 Å². The van der Waals surface area contributed by atoms with Gasteiger partial charge in [0.05, 0.1) is 26.1 Å². The fourth-order valence-electron chi connectivity index (χ4n) is 11.3. The lowest BCUT2D eigenvalue weighted by molar-refractivity contribution is -0.314. The number of amides is 2. The Bertz CT molecular complexity index is 3340. The quantitative estimate of drug-likeness (QED) is 0.0355. The third-order valence-corrected chi connectivity index (χ3v) is 26.8. The molecule has 0 unspecified atom stereocenters. The van der Waals surface area contributed by atoms with Gasteiger partial charge in [-0.1, -0.05) is 179 Å². The number of fused-ring (bicyclic) bond motifs is 1. The van der Waals surface area contributed by atoms with E-state index >= 15 is 0 Å². The van der Waals surface area contributed by atoms with Gasteiger partial charge in [-0.15, -0.1) is 0 Å². The number of ether oxygens (including phenoxy) is 1. The average Bonchev–Trinajstić information content (AvgIpc) is 1.55. The molecule has 2 amide bonds. The van der Waals surface area contributed by atoms with E-state index in [1.165, 1.54) is 13.2 Å². The molecule has 0 radical (unpaired) electrons. The van der Waals surface area contributed by atoms with Gasteiger partial charge < -0.3 is 37.8 Å². The number of Topliss-reactive ketones (excluding diaryl/α,β-unsaturated/α-hetero) is 2. The molecule has 0 bridgehead atoms. The fraction of sp³-hybridized carbons (Fsp3) is 0.394. The Kier molecular flexibility index (Phi) is 20.2. The standard InChI is InChI=1S/C26H37NO7Si2.C21H19O2P.C19H27NO6Si/c1-25(2,3)36(7,8)33-22-18-14-20(29)32-21(18)23(30)26(24(22)34-35(4,5)6)15-19(28)27(26)31-16-17-12-10-9-11-13-17;1-23-21(22)17-24(18-11-5-2-6-12-18,19-13-7-3-8-14-19)20-15-9-4-10-16-20;1-12-15(22)16(23)17(24)19(18(12)26-27(2,3)4)10-14(21)20(19)25-11-13-8-6-5-7-9-13/h9-14,22,24,29H,15-16H2,1-8H3;2-17H,1H3;5-9,12,16-18,23-24H,10-11H2,1-4H3/t22-,24-,26-;;12-,16-,17-,18-,19-/m1.1/s1. The molecule has 8 atom stereocenters. The van der Waals surface area contributed by atoms with Crippen LogP contribution in [-0.2, 0) is 60.1 Å². The Hall–Kier alpha value is -6.40. The zero-order chi connectivity index (χ0) is 63.5. The first-order valence-corrected chi connectivity index (χ1v) is 40.8. The average molecular weight is 1260 g/mol. The van der Waals surface area contributed by atoms with E-state index < -0.39 is 90.9 Å². The molecule has 17 nitrogen and oxygen atoms in total. The van der Waals surface area contributed by atoms with Crippen LogP contribution >= 0.6 is 6.89 Å². The largest absolute Gasteiger partial charge is 0.481 e. The number of benzene rings is 5. The second-order valence-corrected chi connectivity index (χ2v) is 42.9. The van der Waals surface area contributed by atoms with Crippen LogP contribution in [0.15, 0.2) is 162 Å². The van der Waals surface area contributed by atoms with E-state index in [0.717, 1.165) is 37.2 Å². The molecule has 10 rings (SSSR count). The van der Waals surface area contributed by atoms with E-state index in [9.17, 15) is 39.3 Å². The van der Waals surface area contributed by atoms with Crippen molar-refractivity contribution in [3.63, 3.8) is 0 Å². The maximum atomic E-state index is 14.0. The zero-order valence-electron chi connectivity index (χ0n) is 52.0. The first-order valence-electron chi connectivity index (χ1n) is 29.2. The van der Waals surface area contributed by atoms with Crippen LogP contribution in [0, 0.1) is 5.92 Å². The van der Waals surface area contributed by atoms with Crippen molar-refractivity contribution in [2.45, 2.75) is 153 Å². The van der Waals surface area contributed by atoms with Crippen LogP contribution < -0.4 is 15.9 Å². The highest BCUT2D eigenvalue weighted by atomic mass is 31.2. The molecule has 3 heterocycles. The monoisotopic (exact) mass is 1260 g/mol. The normalized spacial score (nSPS) is 23.8. The minimum atomic E-state index is -2.40. The summed E-state index contributed by atoms with van der Waals surface area (Å²) in [7, 11) is -5.35. The molecular weight excluding hydrogens is 1180 g/mol. The molecule has 2 spiro atoms. The number of ketones is 2. The van der Waals surface area contributed by atoms with E-state index in [2.05, 4.69) is 70.3 Å². The number of hydroxylamine groups is 4. The van der Waals surface area contributed by atoms with Crippen molar-refractivity contribution >= 4 is 82.9 Å². The molecule has 4 aliphatic rings. The minimum absolute atomic E-state index is 0.00699. The van der Waals surface area contributed by atoms with Gasteiger partial charge in [-0.3, -0.25) is 28.9 Å². The molecule has 1 saturated carbocycles. The minimum Gasteiger partial charge on any atom is -0.481 e. The molecule has 6 aromatic rings. The fourth-order valence-corrected chi connectivity index (χ4v) is 18.4. The summed E-state index contributed by atoms with van der Waals surface area (Å²) >= 11 is 0. The number of methoxy groups -OCH3 is 1. The SMILES string of the molecule is CC(C)(C)[Si](C)(C)O[C@@H]1c2cc(O)oc2C(=O)[C@]2(CC(=O)N2OCc2ccccc2)[C@@H]1O[Si](C)(C)C.COC(=O)C=P(c1ccccc1)(c1ccccc1)c1ccccc1.C[C@@H]1C(=O)[C@@H](O)[C@@H](O)[C@]2(CC(=O)N2OCc2ccccc2)[C@@H]1O[Si](C)(C)C. The Balaban J connectivity index is 0.000000173. The van der Waals surface area contributed by atoms with E-state index in [-0.39, 0.29) is 60.6 Å². The smallest absolute Gasteiger partial charge is 0.331 e. The lowest BCUT2D eigenvalue weighted by Gasteiger charge is -2.60. The zero-order valence-corrected chi connectivity index (χ0v) is 55.9. The number of carbonyl (C=O) groups excluding carboxylic acids is 5. The maximum absolute atomic E-state index is 14.0. The number of aromatic hydroxyl groups is 1. The van der Waals surface area contributed by atoms with Gasteiger partial charge in [-0.2, -0.15) is 0 Å². The third-order valence-electron chi connectivity index (χ3n) is 16.5. The van der Waals surface area contributed by atoms with Crippen molar-refractivity contribution in [1.29, 1.82) is 0 Å². The van der Waals surface area contributed by atoms with Crippen LogP contribution in [0.2, 0.25) is 57.4 Å². The molecule has 87 heavy (non-hydrogen) atoms. The van der Waals surface area contributed by atoms with Gasteiger partial charge in [0.2, 0.25) is 17.6 Å². The van der Waals surface area contributed by atoms with Crippen molar-refractivity contribution in [1.82, 2.24) is 10.1 Å². The molecule has 2 saturated heterocycles. The summed E-state index contributed by atoms with van der Waals surface area (Å²) in [6.07, 6.45) is -5.42. The Morgan fingerprint density at radius 3 is 1.48 bits per heavy atom. The molecule has 21 heteroatoms. The van der Waals surface area contributed by atoms with E-state index in [1.54, 1.807) is 12.7 Å². The molecule has 5 aromatic carbocycles. The number of rotatable bonds is 16. The summed E-state index contributed by atoms with van der Waals surface area (Å²) in [6, 6.07) is 50.8. The summed E-state index contributed by atoms with van der Waals surface area (Å²) < 4.78 is 30.3. The number of β-lactam (4-membered cyclic amide) rings is 2. The number of aliphatic hydroxyl groups excluding tert-OH is 2. The molecule has 1 aromatic heterocycles. The summed E-state index contributed by atoms with van der Waals surface area (Å²) in [5.41, 5.74) is -0.526. The first kappa shape index (κ1) is 66.6. The van der Waals surface area contributed by atoms with Gasteiger partial charge in [0, 0.05) is 23.3 Å². The van der Waals surface area contributed by atoms with Gasteiger partial charge in [-0.05, 0) is 91.3 Å². The Labute approximate surface area is 513 Å². The highest BCUT2D eigenvalue weighted by molar-refractivity contribution is 7.95. The summed E-state index contributed by atoms with van der Waals surface area (Å²) in [5.74, 6) is -1.10. The lowest BCUT2D eigenvalue weighted by atomic mass is 9.64. The number of furan rings is 1. The lowest BCUT2D eigenvalue weighted by Crippen LogP contribution is -2.81. The van der Waals surface area contributed by atoms with Gasteiger partial charge in [0.1, 0.15) is 43.2 Å². The van der Waals surface area contributed by atoms with Crippen LogP contribution in [0.4, 0.5) is 0 Å². The van der Waals surface area contributed by atoms with Crippen molar-refractivity contribution in [2.75, 3.05) is 7.11 Å². The Morgan fingerprint density at radius 2 is 1.07 bits per heavy atom. The van der Waals surface area contributed by atoms with Crippen LogP contribution in [-0.4, -0.2) is 128 Å². The topological polar surface area (TPSA) is 221 Å². The van der Waals surface area contributed by atoms with Crippen LogP contribution in [0.5, 0.6) is 5.95 Å². The molecule has 464 valence electrons. The number of carbonyl (C=O) groups is 5. The number of aliphatic hydroxyl groups is 2. The molecular formula is C66H83N2O15PSi3. The van der Waals surface area contributed by atoms with Gasteiger partial charge in [0.25, 0.3) is 5.95 Å². The second-order valence-electron chi connectivity index (χ2n) is 25.9. The van der Waals surface area contributed by atoms with Crippen molar-refractivity contribution in [3.05, 3.63) is 180 Å². The number of hydrogen-bond donors (Lipinski definition) is 3. The van der Waals surface area contributed by atoms with Gasteiger partial charge >= 0.3 is 5.97 Å². The maximum Gasteiger partial charge on any atom is 0.331 e. The summed E-state index contributed by atoms with van der Waals surface area (Å²) in [5, 5.41) is 36.9. The van der Waals surface area contributed by atoms with Gasteiger partial charge in [0.15, 0.2) is 42.0 Å². The molecule has 2 aliphatic carbocycles. The van der Waals surface area contributed by atoms with Crippen LogP contribution in [0.25, 0.3) is 0 Å². The summed E-state index contributed by atoms with van der Waals surface area (Å²) in [6.45, 7) is 22.4. The predicted molar refractivity (Wildman–Crippen MR) is 342 cm³/mol. The number of hydrogen-bond acceptors (Lipinski definition) is 15.